The van der Waals surface area contributed by atoms with Crippen LogP contribution in [0.5, 0.6) is 0 Å². The first kappa shape index (κ1) is 64.6. The van der Waals surface area contributed by atoms with Gasteiger partial charge in [-0.05, 0) is 83.5 Å². The lowest BCUT2D eigenvalue weighted by Gasteiger charge is -2.18. The monoisotopic (exact) mass is 947 g/mol. The highest BCUT2D eigenvalue weighted by Crippen LogP contribution is 2.16. The van der Waals surface area contributed by atoms with Crippen molar-refractivity contribution in [1.29, 1.82) is 0 Å². The van der Waals surface area contributed by atoms with Crippen LogP contribution in [0.15, 0.2) is 85.1 Å². The molecule has 68 heavy (non-hydrogen) atoms. The molecule has 0 radical (unpaired) electrons. The van der Waals surface area contributed by atoms with Crippen LogP contribution in [0, 0.1) is 0 Å². The van der Waals surface area contributed by atoms with Crippen molar-refractivity contribution in [2.24, 2.45) is 0 Å². The van der Waals surface area contributed by atoms with E-state index in [0.29, 0.717) is 19.3 Å². The highest BCUT2D eigenvalue weighted by Gasteiger charge is 2.19. The Hall–Kier alpha value is -3.41. The number of hydrogen-bond acceptors (Lipinski definition) is 6. The average molecular weight is 948 g/mol. The van der Waals surface area contributed by atoms with Crippen LogP contribution in [-0.4, -0.2) is 37.2 Å². The van der Waals surface area contributed by atoms with Gasteiger partial charge in [0.2, 0.25) is 0 Å². The maximum atomic E-state index is 12.8. The third-order valence-corrected chi connectivity index (χ3v) is 12.1. The second-order valence-corrected chi connectivity index (χ2v) is 18.8. The molecule has 0 aliphatic rings. The summed E-state index contributed by atoms with van der Waals surface area (Å²) in [6.07, 6.45) is 73.0. The predicted octanol–water partition coefficient (Wildman–Crippen LogP) is 19.2. The summed E-state index contributed by atoms with van der Waals surface area (Å²) in [7, 11) is 0. The van der Waals surface area contributed by atoms with Gasteiger partial charge in [0.15, 0.2) is 6.10 Å². The van der Waals surface area contributed by atoms with E-state index in [1.807, 2.05) is 0 Å². The Morgan fingerprint density at radius 3 is 1.00 bits per heavy atom. The Bertz CT molecular complexity index is 1320. The van der Waals surface area contributed by atoms with Crippen molar-refractivity contribution >= 4 is 17.9 Å². The number of allylic oxidation sites excluding steroid dienone is 14. The summed E-state index contributed by atoms with van der Waals surface area (Å²) in [5, 5.41) is 0. The maximum absolute atomic E-state index is 12.8. The van der Waals surface area contributed by atoms with Gasteiger partial charge in [0.1, 0.15) is 13.2 Å². The van der Waals surface area contributed by atoms with Crippen molar-refractivity contribution in [2.45, 2.75) is 277 Å². The van der Waals surface area contributed by atoms with Gasteiger partial charge in [0.05, 0.1) is 0 Å². The summed E-state index contributed by atoms with van der Waals surface area (Å²) >= 11 is 0. The van der Waals surface area contributed by atoms with Crippen LogP contribution >= 0.6 is 0 Å². The summed E-state index contributed by atoms with van der Waals surface area (Å²) < 4.78 is 16.8. The van der Waals surface area contributed by atoms with Crippen LogP contribution < -0.4 is 0 Å². The molecule has 0 fully saturated rings. The van der Waals surface area contributed by atoms with Crippen molar-refractivity contribution < 1.29 is 28.6 Å². The molecule has 0 aromatic heterocycles. The van der Waals surface area contributed by atoms with E-state index in [1.54, 1.807) is 0 Å². The number of esters is 3. The Kier molecular flexibility index (Phi) is 53.4. The number of unbranched alkanes of at least 4 members (excludes halogenated alkanes) is 26. The lowest BCUT2D eigenvalue weighted by Crippen LogP contribution is -2.30. The van der Waals surface area contributed by atoms with Crippen LogP contribution in [0.4, 0.5) is 0 Å². The molecule has 0 heterocycles. The molecule has 0 amide bonds. The lowest BCUT2D eigenvalue weighted by molar-refractivity contribution is -0.167. The van der Waals surface area contributed by atoms with Crippen LogP contribution in [0.1, 0.15) is 271 Å². The topological polar surface area (TPSA) is 78.9 Å². The second kappa shape index (κ2) is 56.2. The molecular weight excluding hydrogens is 841 g/mol. The van der Waals surface area contributed by atoms with Gasteiger partial charge in [0.25, 0.3) is 0 Å². The van der Waals surface area contributed by atoms with Crippen LogP contribution in [0.25, 0.3) is 0 Å². The van der Waals surface area contributed by atoms with Crippen LogP contribution in [0.2, 0.25) is 0 Å². The number of hydrogen-bond donors (Lipinski definition) is 0. The van der Waals surface area contributed by atoms with Crippen molar-refractivity contribution in [3.8, 4) is 0 Å². The zero-order valence-electron chi connectivity index (χ0n) is 44.6. The van der Waals surface area contributed by atoms with Crippen molar-refractivity contribution in [3.05, 3.63) is 85.1 Å². The average Bonchev–Trinajstić information content (AvgIpc) is 3.34. The molecule has 0 aromatic rings. The van der Waals surface area contributed by atoms with Gasteiger partial charge in [-0.2, -0.15) is 0 Å². The molecule has 0 N–H and O–H groups in total. The fourth-order valence-corrected chi connectivity index (χ4v) is 7.87. The highest BCUT2D eigenvalue weighted by atomic mass is 16.6. The Morgan fingerprint density at radius 1 is 0.309 bits per heavy atom. The molecule has 0 aromatic carbocycles. The van der Waals surface area contributed by atoms with Crippen LogP contribution in [-0.2, 0) is 28.6 Å². The van der Waals surface area contributed by atoms with Gasteiger partial charge in [0, 0.05) is 19.3 Å². The zero-order chi connectivity index (χ0) is 49.3. The summed E-state index contributed by atoms with van der Waals surface area (Å²) in [5.41, 5.74) is 0. The molecule has 0 aliphatic carbocycles. The molecule has 390 valence electrons. The summed E-state index contributed by atoms with van der Waals surface area (Å²) in [6.45, 7) is 6.42. The van der Waals surface area contributed by atoms with E-state index in [9.17, 15) is 14.4 Å². The molecule has 0 rings (SSSR count). The first-order valence-electron chi connectivity index (χ1n) is 28.6. The summed E-state index contributed by atoms with van der Waals surface area (Å²) in [6, 6.07) is 0. The summed E-state index contributed by atoms with van der Waals surface area (Å²) in [4.78, 5) is 38.1. The van der Waals surface area contributed by atoms with Gasteiger partial charge in [-0.1, -0.05) is 254 Å². The first-order chi connectivity index (χ1) is 33.5. The molecule has 0 aliphatic heterocycles. The molecule has 0 saturated heterocycles. The first-order valence-corrected chi connectivity index (χ1v) is 28.6. The number of carbonyl (C=O) groups is 3. The molecule has 0 saturated carbocycles. The second-order valence-electron chi connectivity index (χ2n) is 18.8. The lowest BCUT2D eigenvalue weighted by atomic mass is 10.0. The maximum Gasteiger partial charge on any atom is 0.306 e. The standard InChI is InChI=1S/C62H106O6/c1-4-7-10-13-16-19-22-25-27-29-30-31-33-34-37-40-43-46-49-52-55-61(64)67-58-59(57-66-60(63)54-51-48-45-42-39-36-24-21-18-15-12-9-6-3)68-62(65)56-53-50-47-44-41-38-35-32-28-26-23-20-17-14-11-8-5-2/h8,11-12,15,17,20-21,24,26,28,35,38,44,47,59H,4-7,9-10,13-14,16,18-19,22-23,25,27,29-34,36-37,39-43,45-46,48-58H2,1-3H3/b11-8-,15-12-,20-17-,24-21-,28-26-,38-35-,47-44-. The fourth-order valence-electron chi connectivity index (χ4n) is 7.87. The van der Waals surface area contributed by atoms with E-state index in [0.717, 1.165) is 109 Å². The quantitative estimate of drug-likeness (QED) is 0.0262. The summed E-state index contributed by atoms with van der Waals surface area (Å²) in [5.74, 6) is -0.969. The van der Waals surface area contributed by atoms with E-state index in [4.69, 9.17) is 14.2 Å². The van der Waals surface area contributed by atoms with E-state index in [2.05, 4.69) is 106 Å². The minimum atomic E-state index is -0.811. The Morgan fingerprint density at radius 2 is 0.618 bits per heavy atom. The van der Waals surface area contributed by atoms with Gasteiger partial charge in [-0.25, -0.2) is 0 Å². The molecule has 6 nitrogen and oxygen atoms in total. The van der Waals surface area contributed by atoms with E-state index >= 15 is 0 Å². The molecule has 0 spiro atoms. The van der Waals surface area contributed by atoms with Crippen molar-refractivity contribution in [3.63, 3.8) is 0 Å². The van der Waals surface area contributed by atoms with E-state index in [-0.39, 0.29) is 37.5 Å². The normalized spacial score (nSPS) is 12.7. The number of ether oxygens (including phenoxy) is 3. The third kappa shape index (κ3) is 53.5. The fraction of sp³-hybridized carbons (Fsp3) is 0.726. The number of carbonyl (C=O) groups excluding carboxylic acids is 3. The number of rotatable bonds is 51. The SMILES string of the molecule is CC/C=C\C/C=C\C/C=C\C/C=C\C/C=C\CCCC(=O)OC(COC(=O)CCCCCCC/C=C\C/C=C\CCC)COC(=O)CCCCCCCCCCCCCCCCCCCCCC. The minimum absolute atomic E-state index is 0.102. The van der Waals surface area contributed by atoms with Crippen molar-refractivity contribution in [1.82, 2.24) is 0 Å². The van der Waals surface area contributed by atoms with Crippen molar-refractivity contribution in [2.75, 3.05) is 13.2 Å². The van der Waals surface area contributed by atoms with Gasteiger partial charge in [-0.15, -0.1) is 0 Å². The third-order valence-electron chi connectivity index (χ3n) is 12.1. The van der Waals surface area contributed by atoms with Gasteiger partial charge >= 0.3 is 17.9 Å². The van der Waals surface area contributed by atoms with E-state index < -0.39 is 6.10 Å². The minimum Gasteiger partial charge on any atom is -0.462 e. The smallest absolute Gasteiger partial charge is 0.306 e. The zero-order valence-corrected chi connectivity index (χ0v) is 44.6. The molecule has 1 atom stereocenters. The van der Waals surface area contributed by atoms with Gasteiger partial charge < -0.3 is 14.2 Å². The van der Waals surface area contributed by atoms with Crippen LogP contribution in [0.3, 0.4) is 0 Å². The Labute approximate surface area is 420 Å². The molecular formula is C62H106O6. The molecule has 1 unspecified atom stereocenters. The Balaban J connectivity index is 4.42. The van der Waals surface area contributed by atoms with Gasteiger partial charge in [-0.3, -0.25) is 14.4 Å². The van der Waals surface area contributed by atoms with E-state index in [1.165, 1.54) is 116 Å². The highest BCUT2D eigenvalue weighted by molar-refractivity contribution is 5.71. The molecule has 0 bridgehead atoms. The largest absolute Gasteiger partial charge is 0.462 e. The molecule has 6 heteroatoms. The predicted molar refractivity (Wildman–Crippen MR) is 293 cm³/mol.